The van der Waals surface area contributed by atoms with Gasteiger partial charge in [0.25, 0.3) is 0 Å². The summed E-state index contributed by atoms with van der Waals surface area (Å²) in [6.07, 6.45) is 3.76. The molecule has 6 nitrogen and oxygen atoms in total. The fraction of sp³-hybridized carbons (Fsp3) is 0.167. The van der Waals surface area contributed by atoms with E-state index in [-0.39, 0.29) is 11.7 Å². The lowest BCUT2D eigenvalue weighted by Crippen LogP contribution is -2.12. The highest BCUT2D eigenvalue weighted by molar-refractivity contribution is 8.03. The molecule has 0 atom stereocenters. The van der Waals surface area contributed by atoms with Crippen LogP contribution in [0.25, 0.3) is 5.65 Å². The summed E-state index contributed by atoms with van der Waals surface area (Å²) in [6, 6.07) is 3.69. The number of halogens is 1. The minimum Gasteiger partial charge on any atom is -0.369 e. The number of fused-ring (bicyclic) bond motifs is 1. The third kappa shape index (κ3) is 3.92. The lowest BCUT2D eigenvalue weighted by molar-refractivity contribution is -0.115. The molecule has 3 rings (SSSR count). The molecule has 3 aromatic rings. The summed E-state index contributed by atoms with van der Waals surface area (Å²) < 4.78 is 3.47. The smallest absolute Gasteiger partial charge is 0.227 e. The number of amides is 1. The van der Waals surface area contributed by atoms with Gasteiger partial charge in [0.2, 0.25) is 5.91 Å². The van der Waals surface area contributed by atoms with Crippen LogP contribution >= 0.6 is 46.5 Å². The van der Waals surface area contributed by atoms with E-state index in [9.17, 15) is 4.79 Å². The number of carbonyl (C=O) groups is 1. The predicted molar refractivity (Wildman–Crippen MR) is 89.6 cm³/mol. The maximum Gasteiger partial charge on any atom is 0.227 e. The van der Waals surface area contributed by atoms with E-state index in [0.717, 1.165) is 20.0 Å². The molecule has 0 bridgehead atoms. The quantitative estimate of drug-likeness (QED) is 0.670. The Labute approximate surface area is 143 Å². The van der Waals surface area contributed by atoms with Crippen molar-refractivity contribution in [1.29, 1.82) is 0 Å². The average molecular weight is 372 g/mol. The molecule has 0 spiro atoms. The Kier molecular flexibility index (Phi) is 4.87. The second-order valence-electron chi connectivity index (χ2n) is 4.22. The summed E-state index contributed by atoms with van der Waals surface area (Å²) >= 11 is 10.2. The topological polar surface area (TPSA) is 86.2 Å². The summed E-state index contributed by atoms with van der Waals surface area (Å²) in [5, 5.41) is 8.77. The Hall–Kier alpha value is -1.29. The van der Waals surface area contributed by atoms with E-state index in [2.05, 4.69) is 15.2 Å². The van der Waals surface area contributed by atoms with Gasteiger partial charge >= 0.3 is 0 Å². The molecular weight excluding hydrogens is 362 g/mol. The summed E-state index contributed by atoms with van der Waals surface area (Å²) in [5.41, 5.74) is 6.90. The number of hydrogen-bond donors (Lipinski definition) is 1. The van der Waals surface area contributed by atoms with Crippen molar-refractivity contribution in [2.75, 3.05) is 5.75 Å². The van der Waals surface area contributed by atoms with E-state index >= 15 is 0 Å². The van der Waals surface area contributed by atoms with Crippen LogP contribution in [-0.2, 0) is 10.5 Å². The first-order valence-corrected chi connectivity index (χ1v) is 9.27. The molecule has 0 radical (unpaired) electrons. The van der Waals surface area contributed by atoms with Gasteiger partial charge in [-0.1, -0.05) is 46.5 Å². The van der Waals surface area contributed by atoms with Gasteiger partial charge < -0.3 is 10.1 Å². The fourth-order valence-electron chi connectivity index (χ4n) is 1.67. The van der Waals surface area contributed by atoms with Gasteiger partial charge in [-0.05, 0) is 12.1 Å². The van der Waals surface area contributed by atoms with Gasteiger partial charge in [0.05, 0.1) is 16.5 Å². The number of hydrogen-bond acceptors (Lipinski definition) is 7. The van der Waals surface area contributed by atoms with Gasteiger partial charge in [0.15, 0.2) is 8.68 Å². The van der Waals surface area contributed by atoms with E-state index in [4.69, 9.17) is 17.3 Å². The Bertz CT molecular complexity index is 818. The van der Waals surface area contributed by atoms with Crippen molar-refractivity contribution in [2.45, 2.75) is 14.4 Å². The van der Waals surface area contributed by atoms with Crippen LogP contribution in [0.4, 0.5) is 0 Å². The van der Waals surface area contributed by atoms with Crippen molar-refractivity contribution in [2.24, 2.45) is 5.73 Å². The van der Waals surface area contributed by atoms with E-state index < -0.39 is 0 Å². The van der Waals surface area contributed by atoms with E-state index in [1.54, 1.807) is 11.8 Å². The van der Waals surface area contributed by atoms with Crippen LogP contribution in [0, 0.1) is 0 Å². The molecule has 0 aliphatic heterocycles. The molecule has 0 aliphatic carbocycles. The molecule has 0 aliphatic rings. The summed E-state index contributed by atoms with van der Waals surface area (Å²) in [4.78, 5) is 15.2. The number of imidazole rings is 1. The highest BCUT2D eigenvalue weighted by Crippen LogP contribution is 2.30. The molecule has 0 saturated heterocycles. The van der Waals surface area contributed by atoms with Gasteiger partial charge in [-0.15, -0.1) is 10.2 Å². The van der Waals surface area contributed by atoms with Crippen LogP contribution in [0.15, 0.2) is 33.2 Å². The lowest BCUT2D eigenvalue weighted by Gasteiger charge is -1.92. The standard InChI is InChI=1S/C12H10ClN5OS3/c13-7-1-2-10-15-8(4-18(10)3-7)5-20-11-16-17-12(22-11)21-6-9(14)19/h1-4H,5-6H2,(H2,14,19). The molecule has 3 aromatic heterocycles. The monoisotopic (exact) mass is 371 g/mol. The van der Waals surface area contributed by atoms with Gasteiger partial charge in [-0.25, -0.2) is 4.98 Å². The number of carbonyl (C=O) groups excluding carboxylic acids is 1. The zero-order valence-electron chi connectivity index (χ0n) is 11.1. The first kappa shape index (κ1) is 15.6. The van der Waals surface area contributed by atoms with Crippen molar-refractivity contribution in [3.63, 3.8) is 0 Å². The van der Waals surface area contributed by atoms with E-state index in [0.29, 0.717) is 10.8 Å². The predicted octanol–water partition coefficient (Wildman–Crippen LogP) is 2.71. The van der Waals surface area contributed by atoms with Gasteiger partial charge in [0, 0.05) is 18.1 Å². The molecule has 0 aromatic carbocycles. The number of nitrogens with zero attached hydrogens (tertiary/aromatic N) is 4. The molecule has 2 N–H and O–H groups in total. The molecule has 10 heteroatoms. The van der Waals surface area contributed by atoms with Crippen molar-refractivity contribution >= 4 is 58.0 Å². The molecule has 3 heterocycles. The number of primary amides is 1. The highest BCUT2D eigenvalue weighted by atomic mass is 35.5. The van der Waals surface area contributed by atoms with Crippen LogP contribution in [0.5, 0.6) is 0 Å². The third-order valence-corrected chi connectivity index (χ3v) is 6.00. The first-order chi connectivity index (χ1) is 10.6. The first-order valence-electron chi connectivity index (χ1n) is 6.11. The maximum atomic E-state index is 10.7. The molecule has 22 heavy (non-hydrogen) atoms. The summed E-state index contributed by atoms with van der Waals surface area (Å²) in [6.45, 7) is 0. The Morgan fingerprint density at radius 1 is 1.27 bits per heavy atom. The summed E-state index contributed by atoms with van der Waals surface area (Å²) in [7, 11) is 0. The molecular formula is C12H10ClN5OS3. The second-order valence-corrected chi connectivity index (χ2v) is 8.08. The Balaban J connectivity index is 1.62. The Morgan fingerprint density at radius 3 is 2.82 bits per heavy atom. The van der Waals surface area contributed by atoms with Gasteiger partial charge in [-0.2, -0.15) is 0 Å². The number of rotatable bonds is 6. The molecule has 0 unspecified atom stereocenters. The van der Waals surface area contributed by atoms with E-state index in [1.807, 2.05) is 28.9 Å². The van der Waals surface area contributed by atoms with Crippen molar-refractivity contribution in [3.8, 4) is 0 Å². The minimum atomic E-state index is -0.363. The SMILES string of the molecule is NC(=O)CSc1nnc(SCc2cn3cc(Cl)ccc3n2)s1. The summed E-state index contributed by atoms with van der Waals surface area (Å²) in [5.74, 6) is 0.541. The molecule has 114 valence electrons. The minimum absolute atomic E-state index is 0.215. The molecule has 0 fully saturated rings. The normalized spacial score (nSPS) is 11.1. The lowest BCUT2D eigenvalue weighted by atomic mass is 10.5. The fourth-order valence-corrected chi connectivity index (χ4v) is 4.48. The van der Waals surface area contributed by atoms with Crippen molar-refractivity contribution in [1.82, 2.24) is 19.6 Å². The molecule has 0 saturated carbocycles. The van der Waals surface area contributed by atoms with Crippen LogP contribution in [0.3, 0.4) is 0 Å². The average Bonchev–Trinajstić information content (AvgIpc) is 3.08. The van der Waals surface area contributed by atoms with Gasteiger partial charge in [0.1, 0.15) is 5.65 Å². The number of pyridine rings is 1. The third-order valence-electron chi connectivity index (χ3n) is 2.53. The van der Waals surface area contributed by atoms with Crippen LogP contribution in [0.2, 0.25) is 5.02 Å². The van der Waals surface area contributed by atoms with Crippen LogP contribution in [-0.4, -0.2) is 31.2 Å². The Morgan fingerprint density at radius 2 is 2.05 bits per heavy atom. The number of thioether (sulfide) groups is 2. The number of nitrogens with two attached hydrogens (primary N) is 1. The van der Waals surface area contributed by atoms with Crippen molar-refractivity contribution < 1.29 is 4.79 Å². The second kappa shape index (κ2) is 6.86. The maximum absolute atomic E-state index is 10.7. The zero-order chi connectivity index (χ0) is 15.5. The van der Waals surface area contributed by atoms with Crippen LogP contribution < -0.4 is 5.73 Å². The number of aromatic nitrogens is 4. The molecule has 1 amide bonds. The van der Waals surface area contributed by atoms with E-state index in [1.165, 1.54) is 23.1 Å². The van der Waals surface area contributed by atoms with Crippen LogP contribution in [0.1, 0.15) is 5.69 Å². The zero-order valence-corrected chi connectivity index (χ0v) is 14.3. The van der Waals surface area contributed by atoms with Gasteiger partial charge in [-0.3, -0.25) is 4.79 Å². The van der Waals surface area contributed by atoms with Crippen molar-refractivity contribution in [3.05, 3.63) is 35.2 Å². The highest BCUT2D eigenvalue weighted by Gasteiger charge is 2.09. The largest absolute Gasteiger partial charge is 0.369 e.